The molecule has 6 nitrogen and oxygen atoms in total. The Kier molecular flexibility index (Phi) is 5.89. The smallest absolute Gasteiger partial charge is 0.194 e. The lowest BCUT2D eigenvalue weighted by Gasteiger charge is -2.21. The van der Waals surface area contributed by atoms with Crippen LogP contribution >= 0.6 is 0 Å². The Morgan fingerprint density at radius 2 is 2.23 bits per heavy atom. The number of methoxy groups -OCH3 is 2. The number of aliphatic hydroxyl groups excluding tert-OH is 1. The van der Waals surface area contributed by atoms with E-state index in [1.54, 1.807) is 14.2 Å². The Morgan fingerprint density at radius 1 is 1.41 bits per heavy atom. The highest BCUT2D eigenvalue weighted by molar-refractivity contribution is 5.80. The summed E-state index contributed by atoms with van der Waals surface area (Å²) in [5.41, 5.74) is 0.969. The summed E-state index contributed by atoms with van der Waals surface area (Å²) < 4.78 is 10.7. The van der Waals surface area contributed by atoms with Crippen molar-refractivity contribution in [2.75, 3.05) is 33.9 Å². The van der Waals surface area contributed by atoms with Gasteiger partial charge in [0, 0.05) is 25.2 Å². The zero-order chi connectivity index (χ0) is 15.9. The zero-order valence-electron chi connectivity index (χ0n) is 13.5. The average molecular weight is 307 g/mol. The first kappa shape index (κ1) is 16.4. The number of aliphatic imine (C=N–C) groups is 1. The number of ether oxygens (including phenoxy) is 2. The van der Waals surface area contributed by atoms with Crippen molar-refractivity contribution < 1.29 is 14.6 Å². The van der Waals surface area contributed by atoms with Crippen molar-refractivity contribution in [2.24, 2.45) is 4.99 Å². The molecule has 22 heavy (non-hydrogen) atoms. The second kappa shape index (κ2) is 7.89. The van der Waals surface area contributed by atoms with E-state index in [0.29, 0.717) is 24.6 Å². The van der Waals surface area contributed by atoms with Gasteiger partial charge in [0.1, 0.15) is 0 Å². The summed E-state index contributed by atoms with van der Waals surface area (Å²) in [6.45, 7) is 4.77. The molecular weight excluding hydrogens is 282 g/mol. The van der Waals surface area contributed by atoms with Gasteiger partial charge in [0.2, 0.25) is 0 Å². The normalized spacial score (nSPS) is 18.5. The molecule has 2 rings (SSSR count). The van der Waals surface area contributed by atoms with E-state index in [1.807, 2.05) is 25.1 Å². The van der Waals surface area contributed by atoms with Crippen LogP contribution in [0.3, 0.4) is 0 Å². The van der Waals surface area contributed by atoms with Gasteiger partial charge in [-0.3, -0.25) is 0 Å². The molecule has 1 saturated heterocycles. The molecule has 122 valence electrons. The summed E-state index contributed by atoms with van der Waals surface area (Å²) >= 11 is 0. The predicted molar refractivity (Wildman–Crippen MR) is 86.6 cm³/mol. The van der Waals surface area contributed by atoms with E-state index in [9.17, 15) is 5.11 Å². The number of nitrogens with one attached hydrogen (secondary N) is 1. The summed E-state index contributed by atoms with van der Waals surface area (Å²) in [5.74, 6) is 2.24. The number of para-hydroxylation sites is 1. The standard InChI is InChI=1S/C16H25N3O3/c1-4-17-16(19-9-8-13(20)11-19)18-10-12-6-5-7-14(21-2)15(12)22-3/h5-7,13,20H,4,8-11H2,1-3H3,(H,17,18)/t13-/m1/s1. The molecule has 1 aliphatic rings. The molecule has 1 fully saturated rings. The van der Waals surface area contributed by atoms with Gasteiger partial charge in [0.25, 0.3) is 0 Å². The topological polar surface area (TPSA) is 66.3 Å². The molecule has 6 heteroatoms. The third kappa shape index (κ3) is 3.82. The number of benzene rings is 1. The van der Waals surface area contributed by atoms with E-state index in [4.69, 9.17) is 9.47 Å². The van der Waals surface area contributed by atoms with Crippen LogP contribution in [0.5, 0.6) is 11.5 Å². The van der Waals surface area contributed by atoms with Crippen molar-refractivity contribution in [1.82, 2.24) is 10.2 Å². The summed E-state index contributed by atoms with van der Waals surface area (Å²) in [5, 5.41) is 13.0. The Morgan fingerprint density at radius 3 is 2.82 bits per heavy atom. The Hall–Kier alpha value is -1.95. The van der Waals surface area contributed by atoms with E-state index in [2.05, 4.69) is 15.2 Å². The van der Waals surface area contributed by atoms with Gasteiger partial charge >= 0.3 is 0 Å². The fraction of sp³-hybridized carbons (Fsp3) is 0.562. The van der Waals surface area contributed by atoms with E-state index in [-0.39, 0.29) is 6.10 Å². The molecule has 1 heterocycles. The summed E-state index contributed by atoms with van der Waals surface area (Å²) in [6.07, 6.45) is 0.516. The molecule has 0 unspecified atom stereocenters. The SMILES string of the molecule is CCNC(=NCc1cccc(OC)c1OC)N1CC[C@@H](O)C1. The van der Waals surface area contributed by atoms with Crippen LogP contribution in [0.1, 0.15) is 18.9 Å². The molecule has 0 spiro atoms. The third-order valence-electron chi connectivity index (χ3n) is 3.68. The van der Waals surface area contributed by atoms with Crippen LogP contribution in [0.4, 0.5) is 0 Å². The highest BCUT2D eigenvalue weighted by Gasteiger charge is 2.22. The number of hydrogen-bond acceptors (Lipinski definition) is 4. The molecule has 0 bridgehead atoms. The first-order chi connectivity index (χ1) is 10.7. The van der Waals surface area contributed by atoms with Crippen molar-refractivity contribution in [3.05, 3.63) is 23.8 Å². The Labute approximate surface area is 131 Å². The molecular formula is C16H25N3O3. The van der Waals surface area contributed by atoms with E-state index < -0.39 is 0 Å². The number of hydrogen-bond donors (Lipinski definition) is 2. The number of β-amino-alcohol motifs (C(OH)–C–C–N with tert-alkyl or cyclic N) is 1. The second-order valence-corrected chi connectivity index (χ2v) is 5.21. The van der Waals surface area contributed by atoms with Gasteiger partial charge in [-0.1, -0.05) is 12.1 Å². The maximum absolute atomic E-state index is 9.69. The lowest BCUT2D eigenvalue weighted by molar-refractivity contribution is 0.188. The van der Waals surface area contributed by atoms with Crippen LogP contribution in [0, 0.1) is 0 Å². The highest BCUT2D eigenvalue weighted by Crippen LogP contribution is 2.31. The number of aliphatic hydroxyl groups is 1. The minimum atomic E-state index is -0.268. The molecule has 1 aliphatic heterocycles. The molecule has 0 aliphatic carbocycles. The monoisotopic (exact) mass is 307 g/mol. The van der Waals surface area contributed by atoms with Crippen LogP contribution in [-0.4, -0.2) is 55.9 Å². The van der Waals surface area contributed by atoms with E-state index in [1.165, 1.54) is 0 Å². The van der Waals surface area contributed by atoms with Crippen molar-refractivity contribution in [3.63, 3.8) is 0 Å². The number of rotatable bonds is 5. The van der Waals surface area contributed by atoms with Gasteiger partial charge in [0.05, 0.1) is 26.9 Å². The third-order valence-corrected chi connectivity index (χ3v) is 3.68. The van der Waals surface area contributed by atoms with Gasteiger partial charge < -0.3 is 24.8 Å². The maximum Gasteiger partial charge on any atom is 0.194 e. The van der Waals surface area contributed by atoms with Crippen molar-refractivity contribution in [1.29, 1.82) is 0 Å². The second-order valence-electron chi connectivity index (χ2n) is 5.21. The van der Waals surface area contributed by atoms with Crippen molar-refractivity contribution in [3.8, 4) is 11.5 Å². The van der Waals surface area contributed by atoms with Gasteiger partial charge in [-0.25, -0.2) is 4.99 Å². The van der Waals surface area contributed by atoms with Gasteiger partial charge in [0.15, 0.2) is 17.5 Å². The molecule has 0 radical (unpaired) electrons. The fourth-order valence-corrected chi connectivity index (χ4v) is 2.60. The summed E-state index contributed by atoms with van der Waals surface area (Å²) in [6, 6.07) is 5.78. The Balaban J connectivity index is 2.17. The largest absolute Gasteiger partial charge is 0.493 e. The minimum Gasteiger partial charge on any atom is -0.493 e. The van der Waals surface area contributed by atoms with Crippen LogP contribution in [0.2, 0.25) is 0 Å². The van der Waals surface area contributed by atoms with Crippen LogP contribution in [0.15, 0.2) is 23.2 Å². The van der Waals surface area contributed by atoms with Gasteiger partial charge in [-0.15, -0.1) is 0 Å². The van der Waals surface area contributed by atoms with Crippen molar-refractivity contribution >= 4 is 5.96 Å². The van der Waals surface area contributed by atoms with Gasteiger partial charge in [-0.2, -0.15) is 0 Å². The molecule has 1 atom stereocenters. The molecule has 0 saturated carbocycles. The molecule has 2 N–H and O–H groups in total. The molecule has 0 amide bonds. The first-order valence-corrected chi connectivity index (χ1v) is 7.60. The lowest BCUT2D eigenvalue weighted by Crippen LogP contribution is -2.40. The number of likely N-dealkylation sites (tertiary alicyclic amines) is 1. The van der Waals surface area contributed by atoms with Crippen LogP contribution in [-0.2, 0) is 6.54 Å². The van der Waals surface area contributed by atoms with E-state index >= 15 is 0 Å². The lowest BCUT2D eigenvalue weighted by atomic mass is 10.2. The van der Waals surface area contributed by atoms with E-state index in [0.717, 1.165) is 31.0 Å². The molecule has 0 aromatic heterocycles. The quantitative estimate of drug-likeness (QED) is 0.633. The number of guanidine groups is 1. The van der Waals surface area contributed by atoms with Crippen LogP contribution in [0.25, 0.3) is 0 Å². The Bertz CT molecular complexity index is 519. The van der Waals surface area contributed by atoms with Crippen molar-refractivity contribution in [2.45, 2.75) is 26.0 Å². The highest BCUT2D eigenvalue weighted by atomic mass is 16.5. The molecule has 1 aromatic carbocycles. The molecule has 1 aromatic rings. The van der Waals surface area contributed by atoms with Crippen LogP contribution < -0.4 is 14.8 Å². The minimum absolute atomic E-state index is 0.268. The predicted octanol–water partition coefficient (Wildman–Crippen LogP) is 1.24. The van der Waals surface area contributed by atoms with Gasteiger partial charge in [-0.05, 0) is 19.4 Å². The zero-order valence-corrected chi connectivity index (χ0v) is 13.5. The summed E-state index contributed by atoms with van der Waals surface area (Å²) in [7, 11) is 3.26. The maximum atomic E-state index is 9.69. The average Bonchev–Trinajstić information content (AvgIpc) is 2.97. The first-order valence-electron chi connectivity index (χ1n) is 7.60. The fourth-order valence-electron chi connectivity index (χ4n) is 2.60. The summed E-state index contributed by atoms with van der Waals surface area (Å²) in [4.78, 5) is 6.75. The number of nitrogens with zero attached hydrogens (tertiary/aromatic N) is 2.